The molecule has 0 saturated carbocycles. The molecule has 1 N–H and O–H groups in total. The van der Waals surface area contributed by atoms with E-state index in [1.165, 1.54) is 18.2 Å². The number of para-hydroxylation sites is 1. The standard InChI is InChI=1S/C21H18Cl2FN5O/c22-15-6-4-14(5-7-15)18-8-9-19(27-26-18)28-10-12-29(13-11-28)21(30)25-20-16(23)2-1-3-17(20)24/h1-9H,10-13H2,(H,25,30). The van der Waals surface area contributed by atoms with Gasteiger partial charge in [0.15, 0.2) is 5.82 Å². The monoisotopic (exact) mass is 445 g/mol. The van der Waals surface area contributed by atoms with E-state index < -0.39 is 5.82 Å². The highest BCUT2D eigenvalue weighted by Crippen LogP contribution is 2.25. The molecule has 1 saturated heterocycles. The van der Waals surface area contributed by atoms with Crippen molar-refractivity contribution in [2.45, 2.75) is 0 Å². The third kappa shape index (κ3) is 4.47. The second-order valence-electron chi connectivity index (χ2n) is 6.78. The summed E-state index contributed by atoms with van der Waals surface area (Å²) in [7, 11) is 0. The number of aromatic nitrogens is 2. The summed E-state index contributed by atoms with van der Waals surface area (Å²) in [5.41, 5.74) is 1.69. The summed E-state index contributed by atoms with van der Waals surface area (Å²) in [6.07, 6.45) is 0. The zero-order valence-electron chi connectivity index (χ0n) is 15.9. The van der Waals surface area contributed by atoms with E-state index in [2.05, 4.69) is 20.4 Å². The van der Waals surface area contributed by atoms with Gasteiger partial charge in [-0.1, -0.05) is 41.4 Å². The predicted octanol–water partition coefficient (Wildman–Crippen LogP) is 4.94. The summed E-state index contributed by atoms with van der Waals surface area (Å²) in [6, 6.07) is 15.1. The van der Waals surface area contributed by atoms with E-state index in [9.17, 15) is 9.18 Å². The van der Waals surface area contributed by atoms with Crippen molar-refractivity contribution in [2.24, 2.45) is 0 Å². The van der Waals surface area contributed by atoms with Gasteiger partial charge in [-0.25, -0.2) is 9.18 Å². The van der Waals surface area contributed by atoms with Gasteiger partial charge < -0.3 is 15.1 Å². The summed E-state index contributed by atoms with van der Waals surface area (Å²) in [5.74, 6) is 0.176. The molecule has 6 nitrogen and oxygen atoms in total. The fraction of sp³-hybridized carbons (Fsp3) is 0.190. The maximum absolute atomic E-state index is 13.9. The molecule has 0 bridgehead atoms. The highest BCUT2D eigenvalue weighted by atomic mass is 35.5. The van der Waals surface area contributed by atoms with Crippen LogP contribution in [0.4, 0.5) is 20.7 Å². The Balaban J connectivity index is 1.36. The minimum Gasteiger partial charge on any atom is -0.352 e. The van der Waals surface area contributed by atoms with Crippen LogP contribution in [0.15, 0.2) is 54.6 Å². The van der Waals surface area contributed by atoms with Crippen LogP contribution in [0, 0.1) is 5.82 Å². The van der Waals surface area contributed by atoms with Crippen LogP contribution >= 0.6 is 23.2 Å². The molecule has 4 rings (SSSR count). The van der Waals surface area contributed by atoms with Gasteiger partial charge in [0.25, 0.3) is 0 Å². The normalized spacial score (nSPS) is 14.0. The van der Waals surface area contributed by atoms with Crippen LogP contribution < -0.4 is 10.2 Å². The molecule has 1 aromatic heterocycles. The van der Waals surface area contributed by atoms with Crippen molar-refractivity contribution < 1.29 is 9.18 Å². The second-order valence-corrected chi connectivity index (χ2v) is 7.63. The highest BCUT2D eigenvalue weighted by Gasteiger charge is 2.23. The van der Waals surface area contributed by atoms with E-state index in [1.54, 1.807) is 4.90 Å². The second kappa shape index (κ2) is 8.85. The number of amides is 2. The van der Waals surface area contributed by atoms with Crippen molar-refractivity contribution in [2.75, 3.05) is 36.4 Å². The number of carbonyl (C=O) groups is 1. The van der Waals surface area contributed by atoms with Gasteiger partial charge in [0.1, 0.15) is 5.82 Å². The average molecular weight is 446 g/mol. The first-order chi connectivity index (χ1) is 14.5. The molecule has 1 fully saturated rings. The van der Waals surface area contributed by atoms with Crippen LogP contribution in [0.5, 0.6) is 0 Å². The molecule has 9 heteroatoms. The summed E-state index contributed by atoms with van der Waals surface area (Å²) in [6.45, 7) is 2.12. The number of benzene rings is 2. The van der Waals surface area contributed by atoms with Crippen molar-refractivity contribution in [3.05, 3.63) is 70.5 Å². The first-order valence-corrected chi connectivity index (χ1v) is 10.1. The summed E-state index contributed by atoms with van der Waals surface area (Å²) in [5, 5.41) is 12.0. The molecule has 0 spiro atoms. The Hall–Kier alpha value is -2.90. The number of nitrogens with zero attached hydrogens (tertiary/aromatic N) is 4. The lowest BCUT2D eigenvalue weighted by Gasteiger charge is -2.35. The van der Waals surface area contributed by atoms with Gasteiger partial charge >= 0.3 is 6.03 Å². The van der Waals surface area contributed by atoms with Gasteiger partial charge in [0, 0.05) is 36.8 Å². The molecule has 3 aromatic rings. The molecule has 0 radical (unpaired) electrons. The predicted molar refractivity (Wildman–Crippen MR) is 117 cm³/mol. The third-order valence-electron chi connectivity index (χ3n) is 4.88. The number of carbonyl (C=O) groups excluding carboxylic acids is 1. The molecule has 2 heterocycles. The summed E-state index contributed by atoms with van der Waals surface area (Å²) < 4.78 is 13.9. The van der Waals surface area contributed by atoms with Crippen LogP contribution in [-0.2, 0) is 0 Å². The Labute approximate surface area is 183 Å². The lowest BCUT2D eigenvalue weighted by molar-refractivity contribution is 0.208. The number of rotatable bonds is 3. The fourth-order valence-corrected chi connectivity index (χ4v) is 3.55. The molecular formula is C21H18Cl2FN5O. The van der Waals surface area contributed by atoms with E-state index in [-0.39, 0.29) is 16.7 Å². The average Bonchev–Trinajstić information content (AvgIpc) is 2.77. The maximum Gasteiger partial charge on any atom is 0.322 e. The van der Waals surface area contributed by atoms with Crippen LogP contribution in [0.2, 0.25) is 10.0 Å². The zero-order chi connectivity index (χ0) is 21.1. The Kier molecular flexibility index (Phi) is 6.01. The van der Waals surface area contributed by atoms with Gasteiger partial charge in [0.05, 0.1) is 16.4 Å². The van der Waals surface area contributed by atoms with E-state index in [1.807, 2.05) is 36.4 Å². The lowest BCUT2D eigenvalue weighted by atomic mass is 10.1. The van der Waals surface area contributed by atoms with Crippen molar-refractivity contribution in [1.82, 2.24) is 15.1 Å². The third-order valence-corrected chi connectivity index (χ3v) is 5.44. The molecule has 1 aliphatic heterocycles. The van der Waals surface area contributed by atoms with Crippen LogP contribution in [0.25, 0.3) is 11.3 Å². The van der Waals surface area contributed by atoms with Crippen molar-refractivity contribution in [3.63, 3.8) is 0 Å². The van der Waals surface area contributed by atoms with Gasteiger partial charge in [-0.05, 0) is 36.4 Å². The van der Waals surface area contributed by atoms with E-state index in [0.29, 0.717) is 31.2 Å². The van der Waals surface area contributed by atoms with Crippen LogP contribution in [0.3, 0.4) is 0 Å². The highest BCUT2D eigenvalue weighted by molar-refractivity contribution is 6.33. The van der Waals surface area contributed by atoms with Crippen LogP contribution in [0.1, 0.15) is 0 Å². The van der Waals surface area contributed by atoms with E-state index in [0.717, 1.165) is 17.1 Å². The topological polar surface area (TPSA) is 61.4 Å². The molecule has 0 unspecified atom stereocenters. The molecule has 2 aromatic carbocycles. The molecule has 2 amide bonds. The number of piperazine rings is 1. The first-order valence-electron chi connectivity index (χ1n) is 9.36. The minimum atomic E-state index is -0.564. The Morgan fingerprint density at radius 1 is 0.933 bits per heavy atom. The van der Waals surface area contributed by atoms with Gasteiger partial charge in [0.2, 0.25) is 0 Å². The lowest BCUT2D eigenvalue weighted by Crippen LogP contribution is -2.50. The number of nitrogens with one attached hydrogen (secondary N) is 1. The number of anilines is 2. The number of urea groups is 1. The first kappa shape index (κ1) is 20.4. The minimum absolute atomic E-state index is 0.00440. The van der Waals surface area contributed by atoms with E-state index in [4.69, 9.17) is 23.2 Å². The smallest absolute Gasteiger partial charge is 0.322 e. The quantitative estimate of drug-likeness (QED) is 0.619. The molecule has 0 atom stereocenters. The van der Waals surface area contributed by atoms with Gasteiger partial charge in [-0.2, -0.15) is 0 Å². The van der Waals surface area contributed by atoms with Gasteiger partial charge in [-0.3, -0.25) is 0 Å². The summed E-state index contributed by atoms with van der Waals surface area (Å²) >= 11 is 11.9. The Morgan fingerprint density at radius 2 is 1.67 bits per heavy atom. The molecule has 1 aliphatic rings. The van der Waals surface area contributed by atoms with Crippen molar-refractivity contribution in [3.8, 4) is 11.3 Å². The van der Waals surface area contributed by atoms with Crippen LogP contribution in [-0.4, -0.2) is 47.3 Å². The fourth-order valence-electron chi connectivity index (χ4n) is 3.21. The molecule has 0 aliphatic carbocycles. The number of hydrogen-bond acceptors (Lipinski definition) is 4. The number of hydrogen-bond donors (Lipinski definition) is 1. The molecule has 154 valence electrons. The van der Waals surface area contributed by atoms with Gasteiger partial charge in [-0.15, -0.1) is 10.2 Å². The summed E-state index contributed by atoms with van der Waals surface area (Å²) in [4.78, 5) is 16.1. The van der Waals surface area contributed by atoms with Crippen molar-refractivity contribution >= 4 is 40.7 Å². The molecular weight excluding hydrogens is 428 g/mol. The zero-order valence-corrected chi connectivity index (χ0v) is 17.4. The maximum atomic E-state index is 13.9. The Morgan fingerprint density at radius 3 is 2.30 bits per heavy atom. The SMILES string of the molecule is O=C(Nc1c(F)cccc1Cl)N1CCN(c2ccc(-c3ccc(Cl)cc3)nn2)CC1. The molecule has 30 heavy (non-hydrogen) atoms. The Bertz CT molecular complexity index is 1020. The number of halogens is 3. The van der Waals surface area contributed by atoms with Crippen molar-refractivity contribution in [1.29, 1.82) is 0 Å². The largest absolute Gasteiger partial charge is 0.352 e. The van der Waals surface area contributed by atoms with E-state index >= 15 is 0 Å².